The van der Waals surface area contributed by atoms with Gasteiger partial charge in [-0.05, 0) is 46.2 Å². The summed E-state index contributed by atoms with van der Waals surface area (Å²) in [6, 6.07) is 34.5. The summed E-state index contributed by atoms with van der Waals surface area (Å²) in [5.41, 5.74) is 4.89. The number of amides is 2. The number of hydrogen-bond acceptors (Lipinski definition) is 9. The molecule has 1 aliphatic rings. The van der Waals surface area contributed by atoms with Gasteiger partial charge in [0, 0.05) is 0 Å². The molecule has 0 bridgehead atoms. The van der Waals surface area contributed by atoms with Crippen molar-refractivity contribution < 1.29 is 23.9 Å². The van der Waals surface area contributed by atoms with E-state index >= 15 is 0 Å². The number of carbonyl (C=O) groups excluding carboxylic acids is 3. The summed E-state index contributed by atoms with van der Waals surface area (Å²) in [7, 11) is 2.66. The molecule has 2 heterocycles. The number of aromatic nitrogens is 1. The van der Waals surface area contributed by atoms with Crippen molar-refractivity contribution in [2.24, 2.45) is 0 Å². The molecule has 0 radical (unpaired) electrons. The zero-order chi connectivity index (χ0) is 31.9. The fourth-order valence-electron chi connectivity index (χ4n) is 4.79. The van der Waals surface area contributed by atoms with Crippen molar-refractivity contribution in [3.05, 3.63) is 144 Å². The lowest BCUT2D eigenvalue weighted by Gasteiger charge is -2.45. The Balaban J connectivity index is 1.22. The third-order valence-electron chi connectivity index (χ3n) is 7.00. The smallest absolute Gasteiger partial charge is 0.364 e. The van der Waals surface area contributed by atoms with Gasteiger partial charge in [-0.2, -0.15) is 0 Å². The Morgan fingerprint density at radius 3 is 2.15 bits per heavy atom. The van der Waals surface area contributed by atoms with Gasteiger partial charge in [-0.3, -0.25) is 14.5 Å². The first kappa shape index (κ1) is 31.2. The van der Waals surface area contributed by atoms with Gasteiger partial charge in [0.15, 0.2) is 22.7 Å². The molecule has 1 aliphatic heterocycles. The predicted octanol–water partition coefficient (Wildman–Crippen LogP) is 6.77. The molecular formula is C35H27N3O5S3. The quantitative estimate of drug-likeness (QED) is 0.0513. The second-order valence-corrected chi connectivity index (χ2v) is 13.6. The Morgan fingerprint density at radius 2 is 1.52 bits per heavy atom. The van der Waals surface area contributed by atoms with Crippen molar-refractivity contribution in [2.45, 2.75) is 21.9 Å². The molecule has 6 rings (SSSR count). The standard InChI is InChI=1S/C35H27N3O5S3/c1-2-27(34(41)43-31(23-14-6-3-7-15-23)24-16-8-4-9-17-24)38-32(40)30(37-29(39)22-42-25-18-10-5-11-19-25)33(38)45-46-35-36-26-20-12-13-21-28(26)44-35/h3-21,30-31,33H,1,22H2,(H,37,39)/t30-,33-/m1/s1. The number of fused-ring (bicyclic) bond motifs is 1. The van der Waals surface area contributed by atoms with Crippen LogP contribution in [0.5, 0.6) is 5.75 Å². The van der Waals surface area contributed by atoms with Gasteiger partial charge in [0.2, 0.25) is 0 Å². The summed E-state index contributed by atoms with van der Waals surface area (Å²) in [5, 5.41) is 2.08. The van der Waals surface area contributed by atoms with Gasteiger partial charge in [-0.15, -0.1) is 11.3 Å². The molecule has 0 unspecified atom stereocenters. The first-order valence-electron chi connectivity index (χ1n) is 14.2. The molecule has 0 spiro atoms. The summed E-state index contributed by atoms with van der Waals surface area (Å²) in [5.74, 6) is -1.21. The van der Waals surface area contributed by atoms with E-state index in [-0.39, 0.29) is 12.3 Å². The van der Waals surface area contributed by atoms with Crippen molar-refractivity contribution in [3.63, 3.8) is 0 Å². The van der Waals surface area contributed by atoms with Crippen LogP contribution in [0, 0.1) is 0 Å². The lowest BCUT2D eigenvalue weighted by Crippen LogP contribution is -2.69. The molecule has 230 valence electrons. The first-order chi connectivity index (χ1) is 22.5. The number of β-lactam (4-membered cyclic amide) rings is 1. The molecule has 5 aromatic rings. The van der Waals surface area contributed by atoms with E-state index in [1.807, 2.05) is 91.0 Å². The van der Waals surface area contributed by atoms with E-state index in [2.05, 4.69) is 22.6 Å². The van der Waals surface area contributed by atoms with Crippen LogP contribution in [0.15, 0.2) is 138 Å². The Morgan fingerprint density at radius 1 is 0.913 bits per heavy atom. The van der Waals surface area contributed by atoms with Gasteiger partial charge in [0.25, 0.3) is 11.8 Å². The highest BCUT2D eigenvalue weighted by Crippen LogP contribution is 2.45. The van der Waals surface area contributed by atoms with Crippen molar-refractivity contribution in [3.8, 4) is 5.75 Å². The molecule has 0 aliphatic carbocycles. The van der Waals surface area contributed by atoms with Crippen LogP contribution in [0.1, 0.15) is 17.2 Å². The molecule has 11 heteroatoms. The summed E-state index contributed by atoms with van der Waals surface area (Å²) in [4.78, 5) is 46.2. The van der Waals surface area contributed by atoms with Crippen molar-refractivity contribution in [1.82, 2.24) is 15.2 Å². The van der Waals surface area contributed by atoms with Gasteiger partial charge in [0.1, 0.15) is 17.2 Å². The third kappa shape index (κ3) is 7.03. The molecule has 4 aromatic carbocycles. The molecule has 1 N–H and O–H groups in total. The number of esters is 1. The minimum absolute atomic E-state index is 0.143. The van der Waals surface area contributed by atoms with Crippen molar-refractivity contribution in [1.29, 1.82) is 0 Å². The second kappa shape index (κ2) is 14.5. The number of rotatable bonds is 12. The van der Waals surface area contributed by atoms with E-state index in [0.29, 0.717) is 5.75 Å². The van der Waals surface area contributed by atoms with Crippen molar-refractivity contribution >= 4 is 60.9 Å². The van der Waals surface area contributed by atoms with E-state index in [1.165, 1.54) is 37.8 Å². The molecule has 46 heavy (non-hydrogen) atoms. The van der Waals surface area contributed by atoms with Gasteiger partial charge in [-0.25, -0.2) is 9.78 Å². The average Bonchev–Trinajstić information content (AvgIpc) is 3.52. The molecule has 0 saturated carbocycles. The highest BCUT2D eigenvalue weighted by Gasteiger charge is 2.52. The predicted molar refractivity (Wildman–Crippen MR) is 181 cm³/mol. The lowest BCUT2D eigenvalue weighted by atomic mass is 10.0. The number of carbonyl (C=O) groups is 3. The van der Waals surface area contributed by atoms with Crippen LogP contribution in [0.4, 0.5) is 0 Å². The summed E-state index contributed by atoms with van der Waals surface area (Å²) < 4.78 is 13.4. The fraction of sp³-hybridized carbons (Fsp3) is 0.114. The number of benzene rings is 4. The topological polar surface area (TPSA) is 97.8 Å². The van der Waals surface area contributed by atoms with Gasteiger partial charge < -0.3 is 14.8 Å². The maximum absolute atomic E-state index is 13.7. The normalized spacial score (nSPS) is 15.6. The maximum atomic E-state index is 13.7. The summed E-state index contributed by atoms with van der Waals surface area (Å²) >= 11 is 1.51. The van der Waals surface area contributed by atoms with E-state index in [4.69, 9.17) is 9.47 Å². The number of ether oxygens (including phenoxy) is 2. The lowest BCUT2D eigenvalue weighted by molar-refractivity contribution is -0.154. The number of nitrogens with one attached hydrogen (secondary N) is 1. The number of nitrogens with zero attached hydrogens (tertiary/aromatic N) is 2. The monoisotopic (exact) mass is 665 g/mol. The van der Waals surface area contributed by atoms with Gasteiger partial charge in [0.05, 0.1) is 10.2 Å². The molecule has 8 nitrogen and oxygen atoms in total. The van der Waals surface area contributed by atoms with E-state index in [0.717, 1.165) is 25.7 Å². The zero-order valence-corrected chi connectivity index (χ0v) is 26.7. The van der Waals surface area contributed by atoms with E-state index in [1.54, 1.807) is 24.3 Å². The molecule has 1 aromatic heterocycles. The van der Waals surface area contributed by atoms with Gasteiger partial charge in [-0.1, -0.05) is 114 Å². The Hall–Kier alpha value is -4.80. The number of para-hydroxylation sites is 2. The van der Waals surface area contributed by atoms with Crippen LogP contribution >= 0.6 is 32.9 Å². The number of likely N-dealkylation sites (tertiary alicyclic amines) is 1. The van der Waals surface area contributed by atoms with E-state index in [9.17, 15) is 14.4 Å². The Kier molecular flexibility index (Phi) is 9.85. The van der Waals surface area contributed by atoms with Crippen LogP contribution in [0.3, 0.4) is 0 Å². The highest BCUT2D eigenvalue weighted by molar-refractivity contribution is 8.77. The van der Waals surface area contributed by atoms with Crippen LogP contribution in [0.25, 0.3) is 10.2 Å². The van der Waals surface area contributed by atoms with Crippen LogP contribution in [-0.2, 0) is 19.1 Å². The average molecular weight is 666 g/mol. The van der Waals surface area contributed by atoms with Crippen LogP contribution in [-0.4, -0.2) is 45.7 Å². The summed E-state index contributed by atoms with van der Waals surface area (Å²) in [6.07, 6.45) is -0.733. The van der Waals surface area contributed by atoms with Crippen LogP contribution in [0.2, 0.25) is 0 Å². The highest BCUT2D eigenvalue weighted by atomic mass is 33.1. The third-order valence-corrected chi connectivity index (χ3v) is 11.0. The van der Waals surface area contributed by atoms with E-state index < -0.39 is 35.3 Å². The largest absolute Gasteiger partial charge is 0.484 e. The zero-order valence-electron chi connectivity index (χ0n) is 24.3. The van der Waals surface area contributed by atoms with Gasteiger partial charge >= 0.3 is 5.97 Å². The number of hydrogen-bond donors (Lipinski definition) is 1. The maximum Gasteiger partial charge on any atom is 0.364 e. The minimum atomic E-state index is -0.936. The van der Waals surface area contributed by atoms with Crippen LogP contribution < -0.4 is 10.1 Å². The molecular weight excluding hydrogens is 639 g/mol. The van der Waals surface area contributed by atoms with Crippen molar-refractivity contribution in [2.75, 3.05) is 6.61 Å². The minimum Gasteiger partial charge on any atom is -0.484 e. The number of thiazole rings is 1. The first-order valence-corrected chi connectivity index (χ1v) is 17.2. The SMILES string of the molecule is C=C=C(C(=O)OC(c1ccccc1)c1ccccc1)N1C(=O)[C@@H](NC(=O)COc2ccccc2)[C@H]1SSc1nc2ccccc2s1. The molecule has 2 amide bonds. The Bertz CT molecular complexity index is 1820. The fourth-order valence-corrected chi connectivity index (χ4v) is 8.71. The Labute approximate surface area is 277 Å². The summed E-state index contributed by atoms with van der Waals surface area (Å²) in [6.45, 7) is 3.43. The molecule has 1 saturated heterocycles. The molecule has 2 atom stereocenters. The molecule has 1 fully saturated rings. The second-order valence-electron chi connectivity index (χ2n) is 10.0.